The van der Waals surface area contributed by atoms with Crippen molar-refractivity contribution < 1.29 is 9.90 Å². The van der Waals surface area contributed by atoms with Gasteiger partial charge in [-0.1, -0.05) is 41.4 Å². The number of anilines is 1. The summed E-state index contributed by atoms with van der Waals surface area (Å²) in [4.78, 5) is 14.2. The van der Waals surface area contributed by atoms with Gasteiger partial charge in [0.15, 0.2) is 0 Å². The van der Waals surface area contributed by atoms with Crippen LogP contribution in [0.3, 0.4) is 0 Å². The van der Waals surface area contributed by atoms with Crippen LogP contribution in [-0.4, -0.2) is 20.8 Å². The summed E-state index contributed by atoms with van der Waals surface area (Å²) < 4.78 is 1.82. The topological polar surface area (TPSA) is 67.2 Å². The Kier molecular flexibility index (Phi) is 5.61. The van der Waals surface area contributed by atoms with Crippen molar-refractivity contribution in [3.63, 3.8) is 0 Å². The van der Waals surface area contributed by atoms with E-state index >= 15 is 0 Å². The number of halogens is 2. The van der Waals surface area contributed by atoms with E-state index in [9.17, 15) is 9.90 Å². The molecule has 2 aromatic heterocycles. The first kappa shape index (κ1) is 19.9. The molecule has 0 unspecified atom stereocenters. The molecule has 4 aromatic rings. The number of rotatable bonds is 5. The lowest BCUT2D eigenvalue weighted by Gasteiger charge is -2.07. The number of aryl methyl sites for hydroxylation is 1. The monoisotopic (exact) mass is 445 g/mol. The summed E-state index contributed by atoms with van der Waals surface area (Å²) in [6.45, 7) is 2.25. The van der Waals surface area contributed by atoms with Gasteiger partial charge in [-0.15, -0.1) is 11.3 Å². The molecule has 0 aliphatic rings. The molecule has 148 valence electrons. The standard InChI is InChI=1S/C21H17Cl2N3O2S/c1-12-15-9-19(20(28)24-14-5-2-4-13(8-14)11-27)29-21(15)26(25-12)10-16-17(22)6-3-7-18(16)23/h2-9,27H,10-11H2,1H3,(H,24,28). The Morgan fingerprint density at radius 2 is 1.90 bits per heavy atom. The van der Waals surface area contributed by atoms with Gasteiger partial charge in [-0.3, -0.25) is 4.79 Å². The molecule has 0 fully saturated rings. The fourth-order valence-corrected chi connectivity index (χ4v) is 4.68. The minimum atomic E-state index is -0.206. The van der Waals surface area contributed by atoms with Crippen molar-refractivity contribution >= 4 is 56.3 Å². The number of nitrogens with zero attached hydrogens (tertiary/aromatic N) is 2. The molecule has 0 atom stereocenters. The summed E-state index contributed by atoms with van der Waals surface area (Å²) in [5.74, 6) is -0.206. The van der Waals surface area contributed by atoms with Gasteiger partial charge in [-0.05, 0) is 42.8 Å². The predicted molar refractivity (Wildman–Crippen MR) is 118 cm³/mol. The van der Waals surface area contributed by atoms with Gasteiger partial charge in [0.05, 0.1) is 23.7 Å². The van der Waals surface area contributed by atoms with Crippen LogP contribution < -0.4 is 5.32 Å². The molecule has 0 radical (unpaired) electrons. The fourth-order valence-electron chi connectivity index (χ4n) is 3.11. The summed E-state index contributed by atoms with van der Waals surface area (Å²) in [6, 6.07) is 14.4. The van der Waals surface area contributed by atoms with Crippen molar-refractivity contribution in [3.8, 4) is 0 Å². The molecule has 0 spiro atoms. The van der Waals surface area contributed by atoms with E-state index in [1.165, 1.54) is 11.3 Å². The maximum atomic E-state index is 12.7. The number of aliphatic hydroxyl groups is 1. The molecule has 0 aliphatic heterocycles. The second kappa shape index (κ2) is 8.16. The molecule has 2 heterocycles. The second-order valence-electron chi connectivity index (χ2n) is 6.59. The smallest absolute Gasteiger partial charge is 0.265 e. The molecule has 5 nitrogen and oxygen atoms in total. The van der Waals surface area contributed by atoms with Crippen molar-refractivity contribution in [1.82, 2.24) is 9.78 Å². The average molecular weight is 446 g/mol. The zero-order chi connectivity index (χ0) is 20.5. The van der Waals surface area contributed by atoms with E-state index < -0.39 is 0 Å². The normalized spacial score (nSPS) is 11.2. The number of carbonyl (C=O) groups excluding carboxylic acids is 1. The number of thiophene rings is 1. The van der Waals surface area contributed by atoms with Crippen LogP contribution in [0.15, 0.2) is 48.5 Å². The number of hydrogen-bond acceptors (Lipinski definition) is 4. The molecule has 0 bridgehead atoms. The van der Waals surface area contributed by atoms with Gasteiger partial charge in [0.1, 0.15) is 4.83 Å². The van der Waals surface area contributed by atoms with Crippen molar-refractivity contribution in [2.45, 2.75) is 20.1 Å². The number of carbonyl (C=O) groups is 1. The Morgan fingerprint density at radius 1 is 1.17 bits per heavy atom. The highest BCUT2D eigenvalue weighted by Gasteiger charge is 2.18. The molecule has 0 saturated heterocycles. The van der Waals surface area contributed by atoms with E-state index in [1.54, 1.807) is 42.5 Å². The lowest BCUT2D eigenvalue weighted by atomic mass is 10.2. The van der Waals surface area contributed by atoms with Gasteiger partial charge in [0, 0.05) is 26.7 Å². The number of aliphatic hydroxyl groups excluding tert-OH is 1. The summed E-state index contributed by atoms with van der Waals surface area (Å²) in [5.41, 5.74) is 3.00. The number of benzene rings is 2. The number of aromatic nitrogens is 2. The van der Waals surface area contributed by atoms with E-state index in [4.69, 9.17) is 23.2 Å². The van der Waals surface area contributed by atoms with Gasteiger partial charge in [-0.2, -0.15) is 5.10 Å². The number of nitrogens with one attached hydrogen (secondary N) is 1. The SMILES string of the molecule is Cc1nn(Cc2c(Cl)cccc2Cl)c2sc(C(=O)Nc3cccc(CO)c3)cc12. The molecule has 8 heteroatoms. The van der Waals surface area contributed by atoms with Crippen LogP contribution in [0.4, 0.5) is 5.69 Å². The highest BCUT2D eigenvalue weighted by atomic mass is 35.5. The molecular weight excluding hydrogens is 429 g/mol. The van der Waals surface area contributed by atoms with E-state index in [-0.39, 0.29) is 12.5 Å². The largest absolute Gasteiger partial charge is 0.392 e. The molecule has 0 saturated carbocycles. The van der Waals surface area contributed by atoms with E-state index in [0.29, 0.717) is 27.2 Å². The third-order valence-corrected chi connectivity index (χ3v) is 6.42. The highest BCUT2D eigenvalue weighted by molar-refractivity contribution is 7.20. The van der Waals surface area contributed by atoms with Crippen LogP contribution in [0.5, 0.6) is 0 Å². The lowest BCUT2D eigenvalue weighted by molar-refractivity contribution is 0.103. The predicted octanol–water partition coefficient (Wildman–Crippen LogP) is 5.51. The minimum absolute atomic E-state index is 0.0772. The Bertz CT molecular complexity index is 1200. The van der Waals surface area contributed by atoms with Crippen LogP contribution >= 0.6 is 34.5 Å². The maximum Gasteiger partial charge on any atom is 0.265 e. The van der Waals surface area contributed by atoms with Crippen molar-refractivity contribution in [2.24, 2.45) is 0 Å². The van der Waals surface area contributed by atoms with Gasteiger partial charge < -0.3 is 10.4 Å². The summed E-state index contributed by atoms with van der Waals surface area (Å²) >= 11 is 14.0. The third kappa shape index (κ3) is 4.02. The van der Waals surface area contributed by atoms with Crippen LogP contribution in [-0.2, 0) is 13.2 Å². The second-order valence-corrected chi connectivity index (χ2v) is 8.43. The Labute approximate surface area is 181 Å². The van der Waals surface area contributed by atoms with Gasteiger partial charge in [0.25, 0.3) is 5.91 Å². The number of amides is 1. The molecular formula is C21H17Cl2N3O2S. The summed E-state index contributed by atoms with van der Waals surface area (Å²) in [7, 11) is 0. The Hall–Kier alpha value is -2.38. The molecule has 0 aliphatic carbocycles. The third-order valence-electron chi connectivity index (χ3n) is 4.57. The first-order valence-electron chi connectivity index (χ1n) is 8.87. The molecule has 2 N–H and O–H groups in total. The van der Waals surface area contributed by atoms with Crippen LogP contribution in [0.2, 0.25) is 10.0 Å². The quantitative estimate of drug-likeness (QED) is 0.425. The number of hydrogen-bond donors (Lipinski definition) is 2. The molecule has 2 aromatic carbocycles. The minimum Gasteiger partial charge on any atom is -0.392 e. The fraction of sp³-hybridized carbons (Fsp3) is 0.143. The Balaban J connectivity index is 1.64. The lowest BCUT2D eigenvalue weighted by Crippen LogP contribution is -2.10. The van der Waals surface area contributed by atoms with Crippen LogP contribution in [0, 0.1) is 6.92 Å². The summed E-state index contributed by atoms with van der Waals surface area (Å²) in [6.07, 6.45) is 0. The zero-order valence-corrected chi connectivity index (χ0v) is 17.8. The van der Waals surface area contributed by atoms with Crippen molar-refractivity contribution in [3.05, 3.63) is 80.3 Å². The Morgan fingerprint density at radius 3 is 2.62 bits per heavy atom. The van der Waals surface area contributed by atoms with Crippen LogP contribution in [0.1, 0.15) is 26.5 Å². The molecule has 1 amide bonds. The van der Waals surface area contributed by atoms with Gasteiger partial charge in [-0.25, -0.2) is 4.68 Å². The first-order valence-corrected chi connectivity index (χ1v) is 10.4. The number of fused-ring (bicyclic) bond motifs is 1. The summed E-state index contributed by atoms with van der Waals surface area (Å²) in [5, 5.41) is 18.8. The van der Waals surface area contributed by atoms with Gasteiger partial charge in [0.2, 0.25) is 0 Å². The zero-order valence-electron chi connectivity index (χ0n) is 15.4. The average Bonchev–Trinajstić information content (AvgIpc) is 3.26. The molecule has 4 rings (SSSR count). The van der Waals surface area contributed by atoms with E-state index in [1.807, 2.05) is 17.7 Å². The van der Waals surface area contributed by atoms with Crippen molar-refractivity contribution in [1.29, 1.82) is 0 Å². The van der Waals surface area contributed by atoms with Crippen LogP contribution in [0.25, 0.3) is 10.2 Å². The molecule has 29 heavy (non-hydrogen) atoms. The highest BCUT2D eigenvalue weighted by Crippen LogP contribution is 2.32. The van der Waals surface area contributed by atoms with E-state index in [0.717, 1.165) is 27.0 Å². The van der Waals surface area contributed by atoms with Gasteiger partial charge >= 0.3 is 0 Å². The first-order chi connectivity index (χ1) is 14.0. The van der Waals surface area contributed by atoms with Crippen molar-refractivity contribution in [2.75, 3.05) is 5.32 Å². The van der Waals surface area contributed by atoms with E-state index in [2.05, 4.69) is 10.4 Å². The maximum absolute atomic E-state index is 12.7.